The zero-order valence-electron chi connectivity index (χ0n) is 15.7. The summed E-state index contributed by atoms with van der Waals surface area (Å²) in [5.74, 6) is 0.248. The second-order valence-corrected chi connectivity index (χ2v) is 8.64. The lowest BCUT2D eigenvalue weighted by molar-refractivity contribution is 0.584. The number of halogens is 1. The van der Waals surface area contributed by atoms with Crippen LogP contribution in [0.25, 0.3) is 11.0 Å². The minimum Gasteiger partial charge on any atom is -0.323 e. The molecule has 0 spiro atoms. The first-order valence-electron chi connectivity index (χ1n) is 8.39. The molecule has 0 amide bonds. The van der Waals surface area contributed by atoms with Crippen molar-refractivity contribution in [2.45, 2.75) is 31.8 Å². The van der Waals surface area contributed by atoms with Gasteiger partial charge in [0.1, 0.15) is 10.7 Å². The lowest BCUT2D eigenvalue weighted by Gasteiger charge is -2.15. The number of hydrogen-bond donors (Lipinski definition) is 2. The molecule has 0 atom stereocenters. The van der Waals surface area contributed by atoms with Crippen LogP contribution in [0.5, 0.6) is 0 Å². The number of hydrogen-bond acceptors (Lipinski definition) is 7. The van der Waals surface area contributed by atoms with Crippen molar-refractivity contribution < 1.29 is 8.42 Å². The molecule has 3 aromatic rings. The number of aromatic nitrogens is 4. The normalized spacial score (nSPS) is 11.9. The van der Waals surface area contributed by atoms with Gasteiger partial charge in [0, 0.05) is 17.6 Å². The van der Waals surface area contributed by atoms with Gasteiger partial charge in [0.25, 0.3) is 15.6 Å². The van der Waals surface area contributed by atoms with Gasteiger partial charge in [0.05, 0.1) is 11.9 Å². The van der Waals surface area contributed by atoms with Crippen LogP contribution in [0.15, 0.2) is 34.3 Å². The topological polar surface area (TPSA) is 119 Å². The maximum Gasteiger partial charge on any atom is 0.271 e. The highest BCUT2D eigenvalue weighted by Crippen LogP contribution is 2.22. The van der Waals surface area contributed by atoms with E-state index >= 15 is 0 Å². The van der Waals surface area contributed by atoms with E-state index in [0.717, 1.165) is 0 Å². The molecular weight excluding hydrogens is 404 g/mol. The maximum absolute atomic E-state index is 12.4. The van der Waals surface area contributed by atoms with Crippen LogP contribution in [-0.4, -0.2) is 35.0 Å². The maximum atomic E-state index is 12.4. The number of rotatable bonds is 5. The molecule has 3 heterocycles. The molecule has 0 aromatic carbocycles. The Morgan fingerprint density at radius 2 is 1.89 bits per heavy atom. The molecule has 0 fully saturated rings. The van der Waals surface area contributed by atoms with E-state index in [-0.39, 0.29) is 27.6 Å². The third-order valence-electron chi connectivity index (χ3n) is 4.12. The molecule has 0 unspecified atom stereocenters. The molecule has 3 aromatic heterocycles. The summed E-state index contributed by atoms with van der Waals surface area (Å²) in [5.41, 5.74) is 1.31. The van der Waals surface area contributed by atoms with Crippen molar-refractivity contribution in [2.24, 2.45) is 0 Å². The Bertz CT molecular complexity index is 1220. The number of nitrogens with one attached hydrogen (secondary N) is 2. The number of fused-ring (bicyclic) bond motifs is 1. The quantitative estimate of drug-likeness (QED) is 0.647. The molecule has 11 heteroatoms. The first-order valence-corrected chi connectivity index (χ1v) is 10.2. The zero-order valence-corrected chi connectivity index (χ0v) is 17.3. The van der Waals surface area contributed by atoms with Crippen LogP contribution in [0.1, 0.15) is 25.5 Å². The van der Waals surface area contributed by atoms with Crippen molar-refractivity contribution in [3.05, 3.63) is 45.5 Å². The summed E-state index contributed by atoms with van der Waals surface area (Å²) >= 11 is 6.02. The van der Waals surface area contributed by atoms with E-state index < -0.39 is 10.0 Å². The Morgan fingerprint density at radius 1 is 1.18 bits per heavy atom. The summed E-state index contributed by atoms with van der Waals surface area (Å²) in [5, 5.41) is 3.67. The molecule has 148 valence electrons. The van der Waals surface area contributed by atoms with E-state index in [1.54, 1.807) is 13.1 Å². The van der Waals surface area contributed by atoms with E-state index in [0.29, 0.717) is 22.3 Å². The number of anilines is 2. The Labute approximate surface area is 166 Å². The lowest BCUT2D eigenvalue weighted by atomic mass is 10.2. The number of nitrogens with zero attached hydrogens (tertiary/aromatic N) is 4. The molecule has 0 aliphatic rings. The standard InChI is InChI=1S/C17H19ClN6O3S/c1-9(2)24-15-11(6-12(18)16(24)25)7-21-17(23-15)22-13-8-20-14(5-10(13)3)28(26,27)19-4/h5-9,19H,1-4H3,(H,21,22,23). The number of pyridine rings is 2. The van der Waals surface area contributed by atoms with Gasteiger partial charge in [-0.1, -0.05) is 11.6 Å². The van der Waals surface area contributed by atoms with Crippen LogP contribution in [0.4, 0.5) is 11.6 Å². The molecule has 9 nitrogen and oxygen atoms in total. The summed E-state index contributed by atoms with van der Waals surface area (Å²) in [6.45, 7) is 5.46. The summed E-state index contributed by atoms with van der Waals surface area (Å²) in [6.07, 6.45) is 2.96. The van der Waals surface area contributed by atoms with Crippen LogP contribution in [0, 0.1) is 6.92 Å². The predicted molar refractivity (Wildman–Crippen MR) is 108 cm³/mol. The molecule has 0 saturated carbocycles. The summed E-state index contributed by atoms with van der Waals surface area (Å²) in [4.78, 5) is 25.0. The van der Waals surface area contributed by atoms with Gasteiger partial charge in [-0.3, -0.25) is 9.36 Å². The number of aryl methyl sites for hydroxylation is 1. The van der Waals surface area contributed by atoms with Crippen LogP contribution in [0.3, 0.4) is 0 Å². The van der Waals surface area contributed by atoms with Gasteiger partial charge in [-0.05, 0) is 45.5 Å². The molecule has 2 N–H and O–H groups in total. The van der Waals surface area contributed by atoms with E-state index in [4.69, 9.17) is 11.6 Å². The third-order valence-corrected chi connectivity index (χ3v) is 5.70. The average molecular weight is 423 g/mol. The SMILES string of the molecule is CNS(=O)(=O)c1cc(C)c(Nc2ncc3cc(Cl)c(=O)n(C(C)C)c3n2)cn1. The Morgan fingerprint density at radius 3 is 2.50 bits per heavy atom. The fraction of sp³-hybridized carbons (Fsp3) is 0.294. The Kier molecular flexibility index (Phi) is 5.37. The van der Waals surface area contributed by atoms with E-state index in [1.165, 1.54) is 29.9 Å². The van der Waals surface area contributed by atoms with Gasteiger partial charge in [-0.25, -0.2) is 23.1 Å². The molecule has 28 heavy (non-hydrogen) atoms. The van der Waals surface area contributed by atoms with Crippen molar-refractivity contribution in [3.63, 3.8) is 0 Å². The van der Waals surface area contributed by atoms with Crippen molar-refractivity contribution in [1.29, 1.82) is 0 Å². The first kappa shape index (κ1) is 20.2. The molecule has 0 aliphatic heterocycles. The highest BCUT2D eigenvalue weighted by Gasteiger charge is 2.16. The predicted octanol–water partition coefficient (Wildman–Crippen LogP) is 2.38. The van der Waals surface area contributed by atoms with Gasteiger partial charge < -0.3 is 5.32 Å². The van der Waals surface area contributed by atoms with Crippen LogP contribution < -0.4 is 15.6 Å². The third kappa shape index (κ3) is 3.71. The van der Waals surface area contributed by atoms with E-state index in [2.05, 4.69) is 25.0 Å². The van der Waals surface area contributed by atoms with Crippen LogP contribution >= 0.6 is 11.6 Å². The van der Waals surface area contributed by atoms with Crippen molar-refractivity contribution in [1.82, 2.24) is 24.2 Å². The minimum absolute atomic E-state index is 0.0826. The molecular formula is C17H19ClN6O3S. The second-order valence-electron chi connectivity index (χ2n) is 6.40. The second kappa shape index (κ2) is 7.46. The largest absolute Gasteiger partial charge is 0.323 e. The highest BCUT2D eigenvalue weighted by atomic mass is 35.5. The average Bonchev–Trinajstić information content (AvgIpc) is 2.64. The number of sulfonamides is 1. The van der Waals surface area contributed by atoms with Crippen molar-refractivity contribution >= 4 is 44.3 Å². The minimum atomic E-state index is -3.63. The molecule has 0 saturated heterocycles. The van der Waals surface area contributed by atoms with E-state index in [1.807, 2.05) is 13.8 Å². The van der Waals surface area contributed by atoms with Gasteiger partial charge in [-0.2, -0.15) is 4.98 Å². The zero-order chi connectivity index (χ0) is 20.6. The van der Waals surface area contributed by atoms with Gasteiger partial charge >= 0.3 is 0 Å². The van der Waals surface area contributed by atoms with Gasteiger partial charge in [0.2, 0.25) is 5.95 Å². The van der Waals surface area contributed by atoms with Crippen molar-refractivity contribution in [3.8, 4) is 0 Å². The van der Waals surface area contributed by atoms with Crippen molar-refractivity contribution in [2.75, 3.05) is 12.4 Å². The Hall–Kier alpha value is -2.56. The summed E-state index contributed by atoms with van der Waals surface area (Å²) in [7, 11) is -2.31. The summed E-state index contributed by atoms with van der Waals surface area (Å²) < 4.78 is 27.5. The molecule has 0 radical (unpaired) electrons. The van der Waals surface area contributed by atoms with Gasteiger partial charge in [-0.15, -0.1) is 0 Å². The molecule has 0 bridgehead atoms. The highest BCUT2D eigenvalue weighted by molar-refractivity contribution is 7.89. The monoisotopic (exact) mass is 422 g/mol. The van der Waals surface area contributed by atoms with Crippen LogP contribution in [0.2, 0.25) is 5.02 Å². The first-order chi connectivity index (χ1) is 13.1. The Balaban J connectivity index is 2.05. The van der Waals surface area contributed by atoms with Crippen LogP contribution in [-0.2, 0) is 10.0 Å². The lowest BCUT2D eigenvalue weighted by Crippen LogP contribution is -2.23. The molecule has 0 aliphatic carbocycles. The fourth-order valence-electron chi connectivity index (χ4n) is 2.66. The summed E-state index contributed by atoms with van der Waals surface area (Å²) in [6, 6.07) is 2.83. The van der Waals surface area contributed by atoms with Gasteiger partial charge in [0.15, 0.2) is 5.03 Å². The van der Waals surface area contributed by atoms with E-state index in [9.17, 15) is 13.2 Å². The smallest absolute Gasteiger partial charge is 0.271 e. The molecule has 3 rings (SSSR count). The fourth-order valence-corrected chi connectivity index (χ4v) is 3.60.